The van der Waals surface area contributed by atoms with Gasteiger partial charge in [0.25, 0.3) is 11.8 Å². The molecule has 33 heavy (non-hydrogen) atoms. The summed E-state index contributed by atoms with van der Waals surface area (Å²) in [5, 5.41) is 11.2. The van der Waals surface area contributed by atoms with E-state index in [1.165, 1.54) is 36.4 Å². The van der Waals surface area contributed by atoms with E-state index in [0.717, 1.165) is 0 Å². The van der Waals surface area contributed by atoms with Crippen LogP contribution in [0.1, 0.15) is 15.9 Å². The van der Waals surface area contributed by atoms with Crippen molar-refractivity contribution < 1.29 is 22.7 Å². The van der Waals surface area contributed by atoms with E-state index < -0.39 is 21.8 Å². The number of carbonyl (C=O) groups is 2. The third-order valence-electron chi connectivity index (χ3n) is 4.44. The van der Waals surface area contributed by atoms with Gasteiger partial charge in [0.15, 0.2) is 6.61 Å². The largest absolute Gasteiger partial charge is 0.482 e. The zero-order valence-corrected chi connectivity index (χ0v) is 19.6. The molecule has 0 aliphatic rings. The lowest BCUT2D eigenvalue weighted by atomic mass is 10.2. The van der Waals surface area contributed by atoms with Crippen LogP contribution in [0.25, 0.3) is 0 Å². The summed E-state index contributed by atoms with van der Waals surface area (Å²) in [7, 11) is -3.85. The van der Waals surface area contributed by atoms with E-state index in [2.05, 4.69) is 10.6 Å². The molecular weight excluding hydrogens is 489 g/mol. The molecule has 0 radical (unpaired) electrons. The number of hydrogen-bond acceptors (Lipinski definition) is 5. The van der Waals surface area contributed by atoms with Gasteiger partial charge in [0.05, 0.1) is 10.6 Å². The Balaban J connectivity index is 1.69. The number of rotatable bonds is 7. The van der Waals surface area contributed by atoms with Crippen LogP contribution < -0.4 is 20.5 Å². The highest BCUT2D eigenvalue weighted by molar-refractivity contribution is 7.89. The Morgan fingerprint density at radius 3 is 2.33 bits per heavy atom. The Hall–Kier alpha value is -3.11. The summed E-state index contributed by atoms with van der Waals surface area (Å²) in [6.07, 6.45) is 0. The van der Waals surface area contributed by atoms with Gasteiger partial charge in [-0.05, 0) is 67.1 Å². The Labute approximate surface area is 200 Å². The summed E-state index contributed by atoms with van der Waals surface area (Å²) in [4.78, 5) is 24.9. The molecule has 0 heterocycles. The van der Waals surface area contributed by atoms with Crippen LogP contribution in [0.4, 0.5) is 11.4 Å². The summed E-state index contributed by atoms with van der Waals surface area (Å²) in [6.45, 7) is 1.26. The van der Waals surface area contributed by atoms with Gasteiger partial charge in [-0.15, -0.1) is 0 Å². The maximum Gasteiger partial charge on any atom is 0.262 e. The molecule has 8 nitrogen and oxygen atoms in total. The average molecular weight is 508 g/mol. The number of nitrogens with one attached hydrogen (secondary N) is 2. The first-order chi connectivity index (χ1) is 15.5. The van der Waals surface area contributed by atoms with E-state index in [9.17, 15) is 18.0 Å². The predicted octanol–water partition coefficient (Wildman–Crippen LogP) is 4.22. The first-order valence-electron chi connectivity index (χ1n) is 9.45. The molecule has 0 fully saturated rings. The van der Waals surface area contributed by atoms with Crippen molar-refractivity contribution in [3.05, 3.63) is 81.8 Å². The molecule has 3 aromatic rings. The molecule has 0 aliphatic carbocycles. The van der Waals surface area contributed by atoms with Crippen LogP contribution in [0.3, 0.4) is 0 Å². The molecule has 3 aromatic carbocycles. The van der Waals surface area contributed by atoms with Crippen LogP contribution in [0.2, 0.25) is 10.0 Å². The molecule has 0 aromatic heterocycles. The summed E-state index contributed by atoms with van der Waals surface area (Å²) in [5.41, 5.74) is 1.52. The SMILES string of the molecule is Cc1cc(S(N)(=O)=O)ccc1NC(=O)COc1ccc(Cl)cc1NC(=O)c1cccc(Cl)c1. The molecular formula is C22H19Cl2N3O5S. The standard InChI is InChI=1S/C22H19Cl2N3O5S/c1-13-9-17(33(25,30)31)6-7-18(13)26-21(28)12-32-20-8-5-16(24)11-19(20)27-22(29)14-3-2-4-15(23)10-14/h2-11H,12H2,1H3,(H,26,28)(H,27,29)(H2,25,30,31). The number of nitrogens with two attached hydrogens (primary N) is 1. The highest BCUT2D eigenvalue weighted by atomic mass is 35.5. The van der Waals surface area contributed by atoms with Gasteiger partial charge < -0.3 is 15.4 Å². The Kier molecular flexibility index (Phi) is 7.60. The van der Waals surface area contributed by atoms with Crippen LogP contribution in [0.15, 0.2) is 65.6 Å². The van der Waals surface area contributed by atoms with E-state index >= 15 is 0 Å². The first kappa shape index (κ1) is 24.5. The van der Waals surface area contributed by atoms with Crippen molar-refractivity contribution in [2.75, 3.05) is 17.2 Å². The second-order valence-corrected chi connectivity index (χ2v) is 9.40. The summed E-state index contributed by atoms with van der Waals surface area (Å²) < 4.78 is 28.5. The molecule has 4 N–H and O–H groups in total. The zero-order chi connectivity index (χ0) is 24.2. The van der Waals surface area contributed by atoms with E-state index in [1.54, 1.807) is 31.2 Å². The second kappa shape index (κ2) is 10.2. The predicted molar refractivity (Wildman–Crippen MR) is 128 cm³/mol. The number of halogens is 2. The molecule has 0 unspecified atom stereocenters. The lowest BCUT2D eigenvalue weighted by Gasteiger charge is -2.14. The van der Waals surface area contributed by atoms with E-state index in [0.29, 0.717) is 26.9 Å². The maximum atomic E-state index is 12.5. The second-order valence-electron chi connectivity index (χ2n) is 6.96. The molecule has 11 heteroatoms. The van der Waals surface area contributed by atoms with Crippen molar-refractivity contribution in [1.29, 1.82) is 0 Å². The molecule has 0 atom stereocenters. The lowest BCUT2D eigenvalue weighted by molar-refractivity contribution is -0.118. The maximum absolute atomic E-state index is 12.5. The number of primary sulfonamides is 1. The van der Waals surface area contributed by atoms with Crippen LogP contribution in [0, 0.1) is 6.92 Å². The van der Waals surface area contributed by atoms with Crippen molar-refractivity contribution in [3.8, 4) is 5.75 Å². The minimum Gasteiger partial charge on any atom is -0.482 e. The van der Waals surface area contributed by atoms with E-state index in [4.69, 9.17) is 33.1 Å². The molecule has 3 rings (SSSR count). The van der Waals surface area contributed by atoms with Gasteiger partial charge in [-0.25, -0.2) is 13.6 Å². The molecule has 0 saturated heterocycles. The highest BCUT2D eigenvalue weighted by Gasteiger charge is 2.14. The van der Waals surface area contributed by atoms with Gasteiger partial charge in [0, 0.05) is 21.3 Å². The molecule has 0 bridgehead atoms. The topological polar surface area (TPSA) is 128 Å². The van der Waals surface area contributed by atoms with Gasteiger partial charge in [-0.3, -0.25) is 9.59 Å². The average Bonchev–Trinajstić information content (AvgIpc) is 2.74. The van der Waals surface area contributed by atoms with E-state index in [1.807, 2.05) is 0 Å². The Morgan fingerprint density at radius 1 is 0.939 bits per heavy atom. The molecule has 0 aliphatic heterocycles. The number of sulfonamides is 1. The van der Waals surface area contributed by atoms with Gasteiger partial charge in [-0.1, -0.05) is 29.3 Å². The third kappa shape index (κ3) is 6.69. The Bertz CT molecular complexity index is 1330. The van der Waals surface area contributed by atoms with Crippen molar-refractivity contribution in [3.63, 3.8) is 0 Å². The fourth-order valence-corrected chi connectivity index (χ4v) is 3.79. The van der Waals surface area contributed by atoms with Crippen molar-refractivity contribution in [2.24, 2.45) is 5.14 Å². The number of carbonyl (C=O) groups excluding carboxylic acids is 2. The van der Waals surface area contributed by atoms with Crippen LogP contribution in [0.5, 0.6) is 5.75 Å². The molecule has 0 saturated carbocycles. The first-order valence-corrected chi connectivity index (χ1v) is 11.8. The molecule has 172 valence electrons. The fourth-order valence-electron chi connectivity index (χ4n) is 2.83. The van der Waals surface area contributed by atoms with Crippen LogP contribution in [-0.2, 0) is 14.8 Å². The van der Waals surface area contributed by atoms with Crippen molar-refractivity contribution >= 4 is 56.4 Å². The summed E-state index contributed by atoms with van der Waals surface area (Å²) in [6, 6.07) is 15.1. The highest BCUT2D eigenvalue weighted by Crippen LogP contribution is 2.29. The quantitative estimate of drug-likeness (QED) is 0.441. The number of amides is 2. The number of hydrogen-bond donors (Lipinski definition) is 3. The molecule has 0 spiro atoms. The fraction of sp³-hybridized carbons (Fsp3) is 0.0909. The zero-order valence-electron chi connectivity index (χ0n) is 17.3. The number of benzene rings is 3. The normalized spacial score (nSPS) is 11.0. The number of anilines is 2. The summed E-state index contributed by atoms with van der Waals surface area (Å²) >= 11 is 12.0. The van der Waals surface area contributed by atoms with Crippen molar-refractivity contribution in [2.45, 2.75) is 11.8 Å². The van der Waals surface area contributed by atoms with Crippen LogP contribution in [-0.4, -0.2) is 26.8 Å². The van der Waals surface area contributed by atoms with Gasteiger partial charge in [0.2, 0.25) is 10.0 Å². The minimum absolute atomic E-state index is 0.0597. The van der Waals surface area contributed by atoms with Crippen molar-refractivity contribution in [1.82, 2.24) is 0 Å². The Morgan fingerprint density at radius 2 is 1.67 bits per heavy atom. The smallest absolute Gasteiger partial charge is 0.262 e. The lowest BCUT2D eigenvalue weighted by Crippen LogP contribution is -2.21. The van der Waals surface area contributed by atoms with Gasteiger partial charge in [0.1, 0.15) is 5.75 Å². The third-order valence-corrected chi connectivity index (χ3v) is 5.82. The number of aryl methyl sites for hydroxylation is 1. The van der Waals surface area contributed by atoms with Gasteiger partial charge in [-0.2, -0.15) is 0 Å². The number of ether oxygens (including phenoxy) is 1. The van der Waals surface area contributed by atoms with Gasteiger partial charge >= 0.3 is 0 Å². The van der Waals surface area contributed by atoms with Crippen LogP contribution >= 0.6 is 23.2 Å². The summed E-state index contributed by atoms with van der Waals surface area (Å²) in [5.74, 6) is -0.700. The monoisotopic (exact) mass is 507 g/mol. The molecule has 2 amide bonds. The van der Waals surface area contributed by atoms with E-state index in [-0.39, 0.29) is 22.9 Å². The minimum atomic E-state index is -3.85.